The van der Waals surface area contributed by atoms with Crippen LogP contribution in [-0.2, 0) is 9.53 Å². The normalized spacial score (nSPS) is 12.9. The third-order valence-electron chi connectivity index (χ3n) is 5.44. The van der Waals surface area contributed by atoms with Crippen LogP contribution >= 0.6 is 7.26 Å². The van der Waals surface area contributed by atoms with Crippen LogP contribution in [0.5, 0.6) is 0 Å². The van der Waals surface area contributed by atoms with Crippen LogP contribution in [0.4, 0.5) is 0 Å². The zero-order chi connectivity index (χ0) is 19.8. The molecule has 0 heterocycles. The van der Waals surface area contributed by atoms with E-state index in [1.54, 1.807) is 0 Å². The van der Waals surface area contributed by atoms with Gasteiger partial charge in [-0.1, -0.05) is 0 Å². The van der Waals surface area contributed by atoms with E-state index in [0.717, 1.165) is 6.42 Å². The Morgan fingerprint density at radius 3 is 1.54 bits per heavy atom. The average molecular weight is 392 g/mol. The Hall–Kier alpha value is -2.44. The second-order valence-electron chi connectivity index (χ2n) is 7.38. The van der Waals surface area contributed by atoms with Gasteiger partial charge < -0.3 is 0 Å². The standard InChI is InChI=1S/C25H29O2P/c1-3-21(2)19-27-25(26)20-28(22-13-7-4-8-14-22,23-15-9-5-10-16-23)24-17-11-6-12-18-24/h4-18,21,28H,3,19-20H2,1-2H3. The van der Waals surface area contributed by atoms with E-state index >= 15 is 0 Å². The summed E-state index contributed by atoms with van der Waals surface area (Å²) in [6, 6.07) is 31.4. The molecule has 3 aromatic rings. The molecule has 0 bridgehead atoms. The second-order valence-corrected chi connectivity index (χ2v) is 11.3. The molecule has 146 valence electrons. The van der Waals surface area contributed by atoms with Crippen LogP contribution in [0.2, 0.25) is 0 Å². The van der Waals surface area contributed by atoms with Crippen molar-refractivity contribution in [2.24, 2.45) is 5.92 Å². The number of rotatable bonds is 8. The minimum atomic E-state index is -2.54. The van der Waals surface area contributed by atoms with Gasteiger partial charge in [0, 0.05) is 0 Å². The van der Waals surface area contributed by atoms with Gasteiger partial charge in [-0.05, 0) is 0 Å². The van der Waals surface area contributed by atoms with E-state index in [0.29, 0.717) is 18.7 Å². The van der Waals surface area contributed by atoms with E-state index in [9.17, 15) is 4.79 Å². The summed E-state index contributed by atoms with van der Waals surface area (Å²) in [6.45, 7) is 4.72. The fourth-order valence-corrected chi connectivity index (χ4v) is 8.03. The molecule has 3 heteroatoms. The SMILES string of the molecule is CCC(C)COC(=O)C[PH](c1ccccc1)(c1ccccc1)c1ccccc1. The minimum absolute atomic E-state index is 0.108. The molecule has 1 atom stereocenters. The first-order valence-corrected chi connectivity index (χ1v) is 12.2. The zero-order valence-electron chi connectivity index (χ0n) is 16.7. The summed E-state index contributed by atoms with van der Waals surface area (Å²) in [4.78, 5) is 13.0. The Morgan fingerprint density at radius 1 is 0.786 bits per heavy atom. The summed E-state index contributed by atoms with van der Waals surface area (Å²) in [5.41, 5.74) is 0. The molecule has 0 aliphatic carbocycles. The van der Waals surface area contributed by atoms with E-state index in [-0.39, 0.29) is 5.97 Å². The predicted molar refractivity (Wildman–Crippen MR) is 122 cm³/mol. The Labute approximate surface area is 168 Å². The molecule has 3 rings (SSSR count). The summed E-state index contributed by atoms with van der Waals surface area (Å²) in [5.74, 6) is 0.272. The average Bonchev–Trinajstić information content (AvgIpc) is 2.77. The number of carbonyl (C=O) groups is 1. The number of carbonyl (C=O) groups excluding carboxylic acids is 1. The van der Waals surface area contributed by atoms with E-state index in [4.69, 9.17) is 4.74 Å². The number of ether oxygens (including phenoxy) is 1. The Kier molecular flexibility index (Phi) is 7.01. The van der Waals surface area contributed by atoms with Crippen molar-refractivity contribution in [2.75, 3.05) is 12.8 Å². The fraction of sp³-hybridized carbons (Fsp3) is 0.240. The van der Waals surface area contributed by atoms with Gasteiger partial charge >= 0.3 is 169 Å². The number of benzene rings is 3. The van der Waals surface area contributed by atoms with Gasteiger partial charge in [0.05, 0.1) is 0 Å². The number of hydrogen-bond acceptors (Lipinski definition) is 2. The molecule has 0 radical (unpaired) electrons. The van der Waals surface area contributed by atoms with E-state index < -0.39 is 7.26 Å². The molecule has 0 aliphatic heterocycles. The van der Waals surface area contributed by atoms with Crippen molar-refractivity contribution in [3.05, 3.63) is 91.0 Å². The molecule has 0 amide bonds. The molecule has 0 saturated carbocycles. The van der Waals surface area contributed by atoms with Crippen LogP contribution in [0.1, 0.15) is 20.3 Å². The van der Waals surface area contributed by atoms with Gasteiger partial charge in [0.2, 0.25) is 0 Å². The summed E-state index contributed by atoms with van der Waals surface area (Å²) in [7, 11) is -2.54. The van der Waals surface area contributed by atoms with Crippen LogP contribution in [0.15, 0.2) is 91.0 Å². The summed E-state index contributed by atoms with van der Waals surface area (Å²) >= 11 is 0. The third-order valence-corrected chi connectivity index (χ3v) is 10.2. The van der Waals surface area contributed by atoms with Crippen LogP contribution in [0.3, 0.4) is 0 Å². The van der Waals surface area contributed by atoms with Crippen molar-refractivity contribution < 1.29 is 9.53 Å². The zero-order valence-corrected chi connectivity index (χ0v) is 17.7. The van der Waals surface area contributed by atoms with Crippen LogP contribution in [-0.4, -0.2) is 18.7 Å². The summed E-state index contributed by atoms with van der Waals surface area (Å²) in [6.07, 6.45) is 1.41. The molecule has 1 unspecified atom stereocenters. The summed E-state index contributed by atoms with van der Waals surface area (Å²) < 4.78 is 5.71. The van der Waals surface area contributed by atoms with Crippen molar-refractivity contribution >= 4 is 29.1 Å². The Bertz CT molecular complexity index is 766. The molecule has 3 aromatic carbocycles. The molecule has 0 N–H and O–H groups in total. The van der Waals surface area contributed by atoms with Crippen molar-refractivity contribution in [3.8, 4) is 0 Å². The monoisotopic (exact) mass is 392 g/mol. The van der Waals surface area contributed by atoms with Crippen molar-refractivity contribution in [2.45, 2.75) is 20.3 Å². The van der Waals surface area contributed by atoms with Gasteiger partial charge in [0.25, 0.3) is 0 Å². The molecule has 0 spiro atoms. The van der Waals surface area contributed by atoms with Crippen molar-refractivity contribution in [3.63, 3.8) is 0 Å². The van der Waals surface area contributed by atoms with E-state index in [1.807, 2.05) is 18.2 Å². The first-order chi connectivity index (χ1) is 13.7. The Balaban J connectivity index is 2.10. The van der Waals surface area contributed by atoms with Gasteiger partial charge in [-0.3, -0.25) is 0 Å². The van der Waals surface area contributed by atoms with Crippen molar-refractivity contribution in [1.29, 1.82) is 0 Å². The van der Waals surface area contributed by atoms with E-state index in [2.05, 4.69) is 86.6 Å². The number of hydrogen-bond donors (Lipinski definition) is 0. The predicted octanol–water partition coefficient (Wildman–Crippen LogP) is 4.30. The van der Waals surface area contributed by atoms with Gasteiger partial charge in [0.15, 0.2) is 0 Å². The van der Waals surface area contributed by atoms with Crippen molar-refractivity contribution in [1.82, 2.24) is 0 Å². The first kappa shape index (κ1) is 20.3. The number of esters is 1. The quantitative estimate of drug-likeness (QED) is 0.422. The van der Waals surface area contributed by atoms with Gasteiger partial charge in [-0.15, -0.1) is 0 Å². The third kappa shape index (κ3) is 4.51. The summed E-state index contributed by atoms with van der Waals surface area (Å²) in [5, 5.41) is 3.69. The molecule has 0 fully saturated rings. The molecule has 0 saturated heterocycles. The fourth-order valence-electron chi connectivity index (χ4n) is 3.59. The van der Waals surface area contributed by atoms with E-state index in [1.165, 1.54) is 15.9 Å². The maximum absolute atomic E-state index is 13.0. The van der Waals surface area contributed by atoms with Gasteiger partial charge in [0.1, 0.15) is 0 Å². The Morgan fingerprint density at radius 2 is 1.18 bits per heavy atom. The molecular formula is C25H29O2P. The maximum atomic E-state index is 13.0. The van der Waals surface area contributed by atoms with Crippen LogP contribution < -0.4 is 15.9 Å². The van der Waals surface area contributed by atoms with Crippen LogP contribution in [0, 0.1) is 5.92 Å². The van der Waals surface area contributed by atoms with Gasteiger partial charge in [-0.25, -0.2) is 0 Å². The molecule has 0 aliphatic rings. The second kappa shape index (κ2) is 9.66. The molecule has 2 nitrogen and oxygen atoms in total. The topological polar surface area (TPSA) is 26.3 Å². The van der Waals surface area contributed by atoms with Crippen LogP contribution in [0.25, 0.3) is 0 Å². The molecule has 0 aromatic heterocycles. The molecular weight excluding hydrogens is 363 g/mol. The first-order valence-electron chi connectivity index (χ1n) is 9.99. The molecule has 28 heavy (non-hydrogen) atoms. The van der Waals surface area contributed by atoms with Gasteiger partial charge in [-0.2, -0.15) is 0 Å².